The summed E-state index contributed by atoms with van der Waals surface area (Å²) >= 11 is 1.88. The molecule has 6 nitrogen and oxygen atoms in total. The maximum atomic E-state index is 12.2. The minimum atomic E-state index is -0.186. The van der Waals surface area contributed by atoms with Gasteiger partial charge < -0.3 is 16.0 Å². The van der Waals surface area contributed by atoms with E-state index in [1.54, 1.807) is 24.5 Å². The number of nitrogens with one attached hydrogen (secondary N) is 3. The second kappa shape index (κ2) is 12.6. The fourth-order valence-electron chi connectivity index (χ4n) is 2.71. The van der Waals surface area contributed by atoms with Crippen LogP contribution in [0.1, 0.15) is 22.3 Å². The molecule has 1 aliphatic heterocycles. The van der Waals surface area contributed by atoms with Crippen molar-refractivity contribution in [2.45, 2.75) is 19.0 Å². The summed E-state index contributed by atoms with van der Waals surface area (Å²) < 4.78 is 0. The predicted molar refractivity (Wildman–Crippen MR) is 119 cm³/mol. The molecule has 2 amide bonds. The van der Waals surface area contributed by atoms with Gasteiger partial charge in [-0.3, -0.25) is 14.6 Å². The summed E-state index contributed by atoms with van der Waals surface area (Å²) in [6.45, 7) is 1.40. The number of thioether (sulfide) groups is 1. The monoisotopic (exact) mass is 442 g/mol. The molecule has 1 aromatic carbocycles. The smallest absolute Gasteiger partial charge is 0.255 e. The van der Waals surface area contributed by atoms with Crippen molar-refractivity contribution in [1.29, 1.82) is 0 Å². The fourth-order valence-corrected chi connectivity index (χ4v) is 3.66. The average Bonchev–Trinajstić information content (AvgIpc) is 2.68. The van der Waals surface area contributed by atoms with E-state index in [0.29, 0.717) is 24.2 Å². The van der Waals surface area contributed by atoms with Gasteiger partial charge in [-0.25, -0.2) is 0 Å². The van der Waals surface area contributed by atoms with Gasteiger partial charge in [0.2, 0.25) is 5.91 Å². The first-order valence-electron chi connectivity index (χ1n) is 8.59. The molecule has 2 heterocycles. The van der Waals surface area contributed by atoms with E-state index in [9.17, 15) is 9.59 Å². The molecule has 9 heteroatoms. The van der Waals surface area contributed by atoms with Crippen molar-refractivity contribution in [1.82, 2.24) is 15.6 Å². The maximum Gasteiger partial charge on any atom is 0.255 e. The van der Waals surface area contributed by atoms with Crippen LogP contribution in [0.5, 0.6) is 0 Å². The number of carbonyl (C=O) groups excluding carboxylic acids is 2. The van der Waals surface area contributed by atoms with Crippen molar-refractivity contribution in [2.75, 3.05) is 23.4 Å². The Kier molecular flexibility index (Phi) is 10.9. The minimum absolute atomic E-state index is 0. The average molecular weight is 443 g/mol. The van der Waals surface area contributed by atoms with Crippen molar-refractivity contribution in [2.24, 2.45) is 0 Å². The Hall–Kier alpha value is -1.80. The Morgan fingerprint density at radius 3 is 2.68 bits per heavy atom. The highest BCUT2D eigenvalue weighted by Gasteiger charge is 2.16. The molecule has 2 aromatic rings. The van der Waals surface area contributed by atoms with Gasteiger partial charge in [0.05, 0.1) is 0 Å². The molecule has 0 spiro atoms. The van der Waals surface area contributed by atoms with Crippen molar-refractivity contribution in [3.63, 3.8) is 0 Å². The number of hydrogen-bond donors (Lipinski definition) is 3. The Morgan fingerprint density at radius 1 is 1.18 bits per heavy atom. The summed E-state index contributed by atoms with van der Waals surface area (Å²) in [6.07, 6.45) is 3.66. The van der Waals surface area contributed by atoms with Crippen molar-refractivity contribution >= 4 is 54.1 Å². The number of amides is 2. The number of aromatic nitrogens is 1. The number of carbonyl (C=O) groups is 2. The van der Waals surface area contributed by atoms with Crippen molar-refractivity contribution in [3.05, 3.63) is 59.9 Å². The molecule has 1 atom stereocenters. The van der Waals surface area contributed by atoms with Crippen LogP contribution in [-0.2, 0) is 11.3 Å². The third kappa shape index (κ3) is 7.67. The molecule has 3 N–H and O–H groups in total. The number of hydrogen-bond acceptors (Lipinski definition) is 5. The van der Waals surface area contributed by atoms with Gasteiger partial charge in [-0.2, -0.15) is 11.8 Å². The molecule has 0 radical (unpaired) electrons. The highest BCUT2D eigenvalue weighted by Crippen LogP contribution is 2.13. The van der Waals surface area contributed by atoms with E-state index >= 15 is 0 Å². The quantitative estimate of drug-likeness (QED) is 0.640. The van der Waals surface area contributed by atoms with Gasteiger partial charge in [0.25, 0.3) is 5.91 Å². The summed E-state index contributed by atoms with van der Waals surface area (Å²) in [7, 11) is 0. The lowest BCUT2D eigenvalue weighted by atomic mass is 10.1. The van der Waals surface area contributed by atoms with Crippen LogP contribution < -0.4 is 16.0 Å². The number of nitrogens with zero attached hydrogens (tertiary/aromatic N) is 1. The van der Waals surface area contributed by atoms with Crippen molar-refractivity contribution in [3.8, 4) is 0 Å². The molecular formula is C19H24Cl2N4O2S. The Morgan fingerprint density at radius 2 is 1.96 bits per heavy atom. The van der Waals surface area contributed by atoms with Gasteiger partial charge in [0.15, 0.2) is 0 Å². The lowest BCUT2D eigenvalue weighted by Crippen LogP contribution is -2.41. The van der Waals surface area contributed by atoms with Crippen LogP contribution in [0.25, 0.3) is 0 Å². The van der Waals surface area contributed by atoms with E-state index in [1.165, 1.54) is 0 Å². The Balaban J connectivity index is 0.00000196. The summed E-state index contributed by atoms with van der Waals surface area (Å²) in [5, 5.41) is 9.17. The number of benzene rings is 1. The third-order valence-electron chi connectivity index (χ3n) is 4.05. The molecule has 3 rings (SSSR count). The van der Waals surface area contributed by atoms with Gasteiger partial charge in [0.1, 0.15) is 0 Å². The summed E-state index contributed by atoms with van der Waals surface area (Å²) in [6, 6.07) is 11.1. The van der Waals surface area contributed by atoms with Crippen LogP contribution in [0.15, 0.2) is 48.8 Å². The van der Waals surface area contributed by atoms with E-state index in [1.807, 2.05) is 36.0 Å². The molecule has 0 bridgehead atoms. The van der Waals surface area contributed by atoms with Crippen LogP contribution in [0, 0.1) is 0 Å². The second-order valence-electron chi connectivity index (χ2n) is 6.10. The lowest BCUT2D eigenvalue weighted by molar-refractivity contribution is -0.121. The van der Waals surface area contributed by atoms with Crippen molar-refractivity contribution < 1.29 is 9.59 Å². The zero-order chi connectivity index (χ0) is 18.2. The fraction of sp³-hybridized carbons (Fsp3) is 0.316. The first-order chi connectivity index (χ1) is 12.7. The summed E-state index contributed by atoms with van der Waals surface area (Å²) in [5.41, 5.74) is 2.19. The molecule has 152 valence electrons. The van der Waals surface area contributed by atoms with Crippen LogP contribution in [0.4, 0.5) is 5.69 Å². The number of anilines is 1. The molecule has 0 aliphatic carbocycles. The topological polar surface area (TPSA) is 83.1 Å². The molecule has 1 unspecified atom stereocenters. The molecule has 1 saturated heterocycles. The molecule has 1 aromatic heterocycles. The van der Waals surface area contributed by atoms with Crippen LogP contribution in [0.3, 0.4) is 0 Å². The van der Waals surface area contributed by atoms with Gasteiger partial charge >= 0.3 is 0 Å². The standard InChI is InChI=1S/C19H22N4O2S.2ClH/c24-18(11-17-13-26-9-8-21-17)22-12-14-2-1-3-16(10-14)23-19(25)15-4-6-20-7-5-15;;/h1-7,10,17,21H,8-9,11-13H2,(H,22,24)(H,23,25);2*1H. The third-order valence-corrected chi connectivity index (χ3v) is 5.18. The Bertz CT molecular complexity index is 759. The van der Waals surface area contributed by atoms with Gasteiger partial charge in [0, 0.05) is 60.7 Å². The summed E-state index contributed by atoms with van der Waals surface area (Å²) in [4.78, 5) is 28.2. The van der Waals surface area contributed by atoms with Gasteiger partial charge in [-0.1, -0.05) is 12.1 Å². The molecule has 1 fully saturated rings. The van der Waals surface area contributed by atoms with Crippen LogP contribution in [-0.4, -0.2) is 40.9 Å². The number of pyridine rings is 1. The number of halogens is 2. The zero-order valence-corrected chi connectivity index (χ0v) is 17.7. The van der Waals surface area contributed by atoms with Gasteiger partial charge in [-0.15, -0.1) is 24.8 Å². The van der Waals surface area contributed by atoms with E-state index < -0.39 is 0 Å². The number of rotatable bonds is 6. The predicted octanol–water partition coefficient (Wildman–Crippen LogP) is 2.89. The lowest BCUT2D eigenvalue weighted by Gasteiger charge is -2.22. The first-order valence-corrected chi connectivity index (χ1v) is 9.74. The first kappa shape index (κ1) is 24.2. The highest BCUT2D eigenvalue weighted by atomic mass is 35.5. The largest absolute Gasteiger partial charge is 0.352 e. The van der Waals surface area contributed by atoms with E-state index in [4.69, 9.17) is 0 Å². The summed E-state index contributed by atoms with van der Waals surface area (Å²) in [5.74, 6) is 1.94. The Labute approximate surface area is 181 Å². The molecule has 0 saturated carbocycles. The second-order valence-corrected chi connectivity index (χ2v) is 7.25. The highest BCUT2D eigenvalue weighted by molar-refractivity contribution is 7.99. The maximum absolute atomic E-state index is 12.2. The normalized spacial score (nSPS) is 15.5. The SMILES string of the molecule is Cl.Cl.O=C(CC1CSCCN1)NCc1cccc(NC(=O)c2ccncc2)c1. The minimum Gasteiger partial charge on any atom is -0.352 e. The van der Waals surface area contributed by atoms with E-state index in [2.05, 4.69) is 20.9 Å². The molecular weight excluding hydrogens is 419 g/mol. The van der Waals surface area contributed by atoms with Gasteiger partial charge in [-0.05, 0) is 29.8 Å². The van der Waals surface area contributed by atoms with Crippen LogP contribution >= 0.6 is 36.6 Å². The van der Waals surface area contributed by atoms with Crippen LogP contribution in [0.2, 0.25) is 0 Å². The molecule has 28 heavy (non-hydrogen) atoms. The molecule has 1 aliphatic rings. The zero-order valence-electron chi connectivity index (χ0n) is 15.2. The van der Waals surface area contributed by atoms with E-state index in [0.717, 1.165) is 23.6 Å². The van der Waals surface area contributed by atoms with E-state index in [-0.39, 0.29) is 42.7 Å².